The average Bonchev–Trinajstić information content (AvgIpc) is 3.55. The Bertz CT molecular complexity index is 1370. The number of para-hydroxylation sites is 1. The van der Waals surface area contributed by atoms with Crippen LogP contribution in [0.4, 0.5) is 30.5 Å². The lowest BCUT2D eigenvalue weighted by Gasteiger charge is -2.12. The molecular weight excluding hydrogens is 439 g/mol. The third-order valence-corrected chi connectivity index (χ3v) is 5.32. The van der Waals surface area contributed by atoms with Crippen molar-refractivity contribution in [1.29, 1.82) is 0 Å². The highest BCUT2D eigenvalue weighted by Gasteiger charge is 2.26. The smallest absolute Gasteiger partial charge is 0.387 e. The van der Waals surface area contributed by atoms with E-state index in [1.807, 2.05) is 30.5 Å². The van der Waals surface area contributed by atoms with Gasteiger partial charge in [-0.25, -0.2) is 9.97 Å². The minimum Gasteiger partial charge on any atom is -0.432 e. The molecule has 0 unspecified atom stereocenters. The molecule has 2 aromatic heterocycles. The summed E-state index contributed by atoms with van der Waals surface area (Å²) in [6.45, 7) is -3.26. The van der Waals surface area contributed by atoms with Gasteiger partial charge >= 0.3 is 12.3 Å². The molecule has 0 atom stereocenters. The Labute approximate surface area is 184 Å². The molecule has 168 valence electrons. The van der Waals surface area contributed by atoms with Crippen molar-refractivity contribution in [2.75, 3.05) is 5.32 Å². The lowest BCUT2D eigenvalue weighted by Crippen LogP contribution is -2.07. The summed E-state index contributed by atoms with van der Waals surface area (Å²) in [4.78, 5) is 18.7. The van der Waals surface area contributed by atoms with Crippen LogP contribution in [0, 0.1) is 15.9 Å². The standard InChI is InChI=1S/C22H16F3N5O3/c23-15-9-20(33-21(24)25)17(10-19(15)30(31)32)28-22-26-8-7-16(27-22)14-11-29(12-5-6-12)18-4-2-1-3-13(14)18/h1-4,7-12,21H,5-6H2,(H,26,27,28). The van der Waals surface area contributed by atoms with Crippen molar-refractivity contribution in [1.82, 2.24) is 14.5 Å². The third kappa shape index (κ3) is 4.04. The number of fused-ring (bicyclic) bond motifs is 1. The molecule has 2 heterocycles. The Balaban J connectivity index is 1.54. The van der Waals surface area contributed by atoms with Crippen molar-refractivity contribution in [2.24, 2.45) is 0 Å². The third-order valence-electron chi connectivity index (χ3n) is 5.32. The van der Waals surface area contributed by atoms with Crippen LogP contribution in [0.1, 0.15) is 18.9 Å². The van der Waals surface area contributed by atoms with E-state index in [4.69, 9.17) is 0 Å². The summed E-state index contributed by atoms with van der Waals surface area (Å²) >= 11 is 0. The first-order valence-corrected chi connectivity index (χ1v) is 10.0. The fraction of sp³-hybridized carbons (Fsp3) is 0.182. The lowest BCUT2D eigenvalue weighted by molar-refractivity contribution is -0.387. The highest BCUT2D eigenvalue weighted by Crippen LogP contribution is 2.41. The molecule has 0 saturated heterocycles. The zero-order chi connectivity index (χ0) is 23.1. The van der Waals surface area contributed by atoms with E-state index in [0.717, 1.165) is 35.4 Å². The molecule has 0 spiro atoms. The predicted molar refractivity (Wildman–Crippen MR) is 114 cm³/mol. The predicted octanol–water partition coefficient (Wildman–Crippen LogP) is 5.83. The molecule has 1 aliphatic rings. The van der Waals surface area contributed by atoms with Crippen LogP contribution in [-0.4, -0.2) is 26.1 Å². The number of ether oxygens (including phenoxy) is 1. The maximum atomic E-state index is 13.9. The second-order valence-corrected chi connectivity index (χ2v) is 7.52. The molecule has 0 bridgehead atoms. The Morgan fingerprint density at radius 3 is 2.73 bits per heavy atom. The number of aromatic nitrogens is 3. The topological polar surface area (TPSA) is 95.1 Å². The summed E-state index contributed by atoms with van der Waals surface area (Å²) in [5, 5.41) is 14.7. The van der Waals surface area contributed by atoms with Crippen LogP contribution < -0.4 is 10.1 Å². The molecule has 0 radical (unpaired) electrons. The molecule has 4 aromatic rings. The number of hydrogen-bond donors (Lipinski definition) is 1. The van der Waals surface area contributed by atoms with Gasteiger partial charge in [-0.1, -0.05) is 18.2 Å². The molecule has 1 saturated carbocycles. The van der Waals surface area contributed by atoms with E-state index in [-0.39, 0.29) is 11.6 Å². The molecule has 33 heavy (non-hydrogen) atoms. The maximum Gasteiger partial charge on any atom is 0.387 e. The van der Waals surface area contributed by atoms with Crippen molar-refractivity contribution in [2.45, 2.75) is 25.5 Å². The highest BCUT2D eigenvalue weighted by molar-refractivity contribution is 5.95. The van der Waals surface area contributed by atoms with Crippen molar-refractivity contribution in [3.05, 3.63) is 70.8 Å². The van der Waals surface area contributed by atoms with E-state index < -0.39 is 28.8 Å². The summed E-state index contributed by atoms with van der Waals surface area (Å²) in [6, 6.07) is 11.3. The molecular formula is C22H16F3N5O3. The van der Waals surface area contributed by atoms with E-state index >= 15 is 0 Å². The highest BCUT2D eigenvalue weighted by atomic mass is 19.3. The number of benzene rings is 2. The van der Waals surface area contributed by atoms with Gasteiger partial charge in [-0.2, -0.15) is 13.2 Å². The largest absolute Gasteiger partial charge is 0.432 e. The van der Waals surface area contributed by atoms with Crippen LogP contribution in [0.25, 0.3) is 22.2 Å². The molecule has 11 heteroatoms. The number of nitrogens with zero attached hydrogens (tertiary/aromatic N) is 4. The molecule has 0 amide bonds. The number of nitro groups is 1. The van der Waals surface area contributed by atoms with Crippen LogP contribution in [0.15, 0.2) is 54.9 Å². The monoisotopic (exact) mass is 455 g/mol. The Kier molecular flexibility index (Phi) is 5.08. The number of hydrogen-bond acceptors (Lipinski definition) is 6. The number of anilines is 2. The van der Waals surface area contributed by atoms with Crippen molar-refractivity contribution in [3.8, 4) is 17.0 Å². The summed E-state index contributed by atoms with van der Waals surface area (Å²) in [5.41, 5.74) is 1.33. The minimum absolute atomic E-state index is 0.0178. The summed E-state index contributed by atoms with van der Waals surface area (Å²) in [6.07, 6.45) is 5.69. The van der Waals surface area contributed by atoms with Crippen molar-refractivity contribution in [3.63, 3.8) is 0 Å². The zero-order valence-electron chi connectivity index (χ0n) is 16.9. The second kappa shape index (κ2) is 8.08. The molecule has 5 rings (SSSR count). The van der Waals surface area contributed by atoms with E-state index in [1.165, 1.54) is 6.20 Å². The van der Waals surface area contributed by atoms with Crippen LogP contribution >= 0.6 is 0 Å². The summed E-state index contributed by atoms with van der Waals surface area (Å²) in [5.74, 6) is -1.92. The van der Waals surface area contributed by atoms with Gasteiger partial charge in [0.05, 0.1) is 16.3 Å². The Morgan fingerprint density at radius 2 is 2.00 bits per heavy atom. The van der Waals surface area contributed by atoms with E-state index in [0.29, 0.717) is 17.8 Å². The first kappa shape index (κ1) is 20.7. The molecule has 1 N–H and O–H groups in total. The zero-order valence-corrected chi connectivity index (χ0v) is 16.9. The van der Waals surface area contributed by atoms with Gasteiger partial charge in [0.15, 0.2) is 5.75 Å². The van der Waals surface area contributed by atoms with Crippen molar-refractivity contribution < 1.29 is 22.8 Å². The van der Waals surface area contributed by atoms with Crippen molar-refractivity contribution >= 4 is 28.2 Å². The molecule has 1 fully saturated rings. The SMILES string of the molecule is O=[N+]([O-])c1cc(Nc2nccc(-c3cn(C4CC4)c4ccccc34)n2)c(OC(F)F)cc1F. The molecule has 1 aliphatic carbocycles. The number of rotatable bonds is 7. The molecule has 8 nitrogen and oxygen atoms in total. The van der Waals surface area contributed by atoms with Gasteiger partial charge in [-0.15, -0.1) is 0 Å². The minimum atomic E-state index is -3.26. The van der Waals surface area contributed by atoms with Gasteiger partial charge in [0.25, 0.3) is 0 Å². The normalized spacial score (nSPS) is 13.5. The van der Waals surface area contributed by atoms with E-state index in [2.05, 4.69) is 24.6 Å². The van der Waals surface area contributed by atoms with Crippen LogP contribution in [0.2, 0.25) is 0 Å². The van der Waals surface area contributed by atoms with Gasteiger partial charge in [0, 0.05) is 47.0 Å². The summed E-state index contributed by atoms with van der Waals surface area (Å²) in [7, 11) is 0. The van der Waals surface area contributed by atoms with Crippen LogP contribution in [0.3, 0.4) is 0 Å². The number of halogens is 3. The fourth-order valence-corrected chi connectivity index (χ4v) is 3.73. The lowest BCUT2D eigenvalue weighted by atomic mass is 10.1. The Hall–Kier alpha value is -4.15. The first-order chi connectivity index (χ1) is 15.9. The Morgan fingerprint density at radius 1 is 1.21 bits per heavy atom. The fourth-order valence-electron chi connectivity index (χ4n) is 3.73. The van der Waals surface area contributed by atoms with E-state index in [1.54, 1.807) is 6.07 Å². The average molecular weight is 455 g/mol. The second-order valence-electron chi connectivity index (χ2n) is 7.52. The van der Waals surface area contributed by atoms with E-state index in [9.17, 15) is 23.3 Å². The molecule has 0 aliphatic heterocycles. The van der Waals surface area contributed by atoms with Crippen LogP contribution in [-0.2, 0) is 0 Å². The van der Waals surface area contributed by atoms with Gasteiger partial charge in [0.2, 0.25) is 11.8 Å². The van der Waals surface area contributed by atoms with Crippen LogP contribution in [0.5, 0.6) is 5.75 Å². The first-order valence-electron chi connectivity index (χ1n) is 10.0. The van der Waals surface area contributed by atoms with Gasteiger partial charge in [0.1, 0.15) is 0 Å². The quantitative estimate of drug-likeness (QED) is 0.278. The van der Waals surface area contributed by atoms with Gasteiger partial charge in [-0.3, -0.25) is 10.1 Å². The van der Waals surface area contributed by atoms with Gasteiger partial charge in [-0.05, 0) is 25.0 Å². The summed E-state index contributed by atoms with van der Waals surface area (Å²) < 4.78 is 46.1. The number of nitrogens with one attached hydrogen (secondary N) is 1. The maximum absolute atomic E-state index is 13.9. The number of nitro benzene ring substituents is 1. The van der Waals surface area contributed by atoms with Gasteiger partial charge < -0.3 is 14.6 Å². The number of alkyl halides is 2. The molecule has 2 aromatic carbocycles.